The van der Waals surface area contributed by atoms with Crippen LogP contribution >= 0.6 is 0 Å². The van der Waals surface area contributed by atoms with Crippen LogP contribution in [0.3, 0.4) is 0 Å². The molecule has 0 heterocycles. The highest BCUT2D eigenvalue weighted by Gasteiger charge is 2.21. The van der Waals surface area contributed by atoms with E-state index in [0.29, 0.717) is 5.56 Å². The third-order valence-electron chi connectivity index (χ3n) is 3.93. The molecule has 1 aromatic rings. The number of carbonyl (C=O) groups is 2. The van der Waals surface area contributed by atoms with Crippen molar-refractivity contribution in [3.63, 3.8) is 0 Å². The van der Waals surface area contributed by atoms with Gasteiger partial charge in [0.15, 0.2) is 0 Å². The highest BCUT2D eigenvalue weighted by molar-refractivity contribution is 5.99. The second-order valence-corrected chi connectivity index (χ2v) is 5.05. The molecule has 0 saturated heterocycles. The zero-order valence-electron chi connectivity index (χ0n) is 12.4. The molecule has 4 heteroatoms. The first-order valence-electron chi connectivity index (χ1n) is 6.22. The SMILES string of the molecule is Cc1c(C)c(C)c(C(=O)N(C)CC(=O)O)c(C)c1C. The Hall–Kier alpha value is -1.84. The topological polar surface area (TPSA) is 57.6 Å². The average molecular weight is 263 g/mol. The highest BCUT2D eigenvalue weighted by Crippen LogP contribution is 2.26. The number of amides is 1. The minimum atomic E-state index is -1.01. The Balaban J connectivity index is 3.35. The monoisotopic (exact) mass is 263 g/mol. The summed E-state index contributed by atoms with van der Waals surface area (Å²) in [7, 11) is 1.51. The molecule has 104 valence electrons. The van der Waals surface area contributed by atoms with Crippen LogP contribution in [0.5, 0.6) is 0 Å². The van der Waals surface area contributed by atoms with Crippen LogP contribution in [0.1, 0.15) is 38.2 Å². The molecule has 0 aliphatic heterocycles. The van der Waals surface area contributed by atoms with E-state index in [1.807, 2.05) is 34.6 Å². The zero-order chi connectivity index (χ0) is 14.9. The first-order valence-corrected chi connectivity index (χ1v) is 6.22. The molecule has 0 aliphatic rings. The third kappa shape index (κ3) is 2.78. The normalized spacial score (nSPS) is 10.4. The fourth-order valence-corrected chi connectivity index (χ4v) is 2.29. The molecular weight excluding hydrogens is 242 g/mol. The van der Waals surface area contributed by atoms with Gasteiger partial charge in [-0.25, -0.2) is 0 Å². The number of hydrogen-bond donors (Lipinski definition) is 1. The molecule has 0 atom stereocenters. The predicted molar refractivity (Wildman–Crippen MR) is 74.7 cm³/mol. The number of aliphatic carboxylic acids is 1. The fourth-order valence-electron chi connectivity index (χ4n) is 2.29. The second-order valence-electron chi connectivity index (χ2n) is 5.05. The Bertz CT molecular complexity index is 518. The summed E-state index contributed by atoms with van der Waals surface area (Å²) >= 11 is 0. The summed E-state index contributed by atoms with van der Waals surface area (Å²) < 4.78 is 0. The van der Waals surface area contributed by atoms with E-state index in [9.17, 15) is 9.59 Å². The molecule has 1 N–H and O–H groups in total. The van der Waals surface area contributed by atoms with Crippen molar-refractivity contribution in [3.05, 3.63) is 33.4 Å². The summed E-state index contributed by atoms with van der Waals surface area (Å²) in [5, 5.41) is 8.78. The number of benzene rings is 1. The number of hydrogen-bond acceptors (Lipinski definition) is 2. The van der Waals surface area contributed by atoms with Gasteiger partial charge in [-0.05, 0) is 62.4 Å². The molecule has 0 bridgehead atoms. The third-order valence-corrected chi connectivity index (χ3v) is 3.93. The number of carboxylic acids is 1. The lowest BCUT2D eigenvalue weighted by Gasteiger charge is -2.22. The molecule has 0 aliphatic carbocycles. The van der Waals surface area contributed by atoms with Gasteiger partial charge in [-0.15, -0.1) is 0 Å². The number of carboxylic acid groups (broad SMARTS) is 1. The standard InChI is InChI=1S/C15H21NO3/c1-8-9(2)11(4)14(12(5)10(8)3)15(19)16(6)7-13(17)18/h7H2,1-6H3,(H,17,18). The number of carbonyl (C=O) groups excluding carboxylic acids is 1. The molecule has 0 saturated carbocycles. The molecular formula is C15H21NO3. The first-order chi connectivity index (χ1) is 8.68. The van der Waals surface area contributed by atoms with E-state index in [4.69, 9.17) is 5.11 Å². The molecule has 4 nitrogen and oxygen atoms in total. The zero-order valence-corrected chi connectivity index (χ0v) is 12.4. The van der Waals surface area contributed by atoms with Gasteiger partial charge < -0.3 is 10.0 Å². The van der Waals surface area contributed by atoms with Gasteiger partial charge in [-0.3, -0.25) is 9.59 Å². The predicted octanol–water partition coefficient (Wildman–Crippen LogP) is 2.39. The molecule has 0 spiro atoms. The fraction of sp³-hybridized carbons (Fsp3) is 0.467. The lowest BCUT2D eigenvalue weighted by molar-refractivity contribution is -0.137. The number of rotatable bonds is 3. The van der Waals surface area contributed by atoms with E-state index < -0.39 is 5.97 Å². The van der Waals surface area contributed by atoms with E-state index in [0.717, 1.165) is 22.3 Å². The van der Waals surface area contributed by atoms with Crippen molar-refractivity contribution in [1.29, 1.82) is 0 Å². The summed E-state index contributed by atoms with van der Waals surface area (Å²) in [6.45, 7) is 9.56. The summed E-state index contributed by atoms with van der Waals surface area (Å²) in [4.78, 5) is 24.4. The Labute approximate surface area is 114 Å². The summed E-state index contributed by atoms with van der Waals surface area (Å²) in [5.41, 5.74) is 5.87. The van der Waals surface area contributed by atoms with E-state index in [-0.39, 0.29) is 12.5 Å². The van der Waals surface area contributed by atoms with Gasteiger partial charge in [-0.1, -0.05) is 0 Å². The van der Waals surface area contributed by atoms with Crippen LogP contribution in [0.25, 0.3) is 0 Å². The number of nitrogens with zero attached hydrogens (tertiary/aromatic N) is 1. The molecule has 0 fully saturated rings. The molecule has 0 aromatic heterocycles. The molecule has 1 amide bonds. The molecule has 1 rings (SSSR count). The quantitative estimate of drug-likeness (QED) is 0.911. The lowest BCUT2D eigenvalue weighted by atomic mass is 9.89. The van der Waals surface area contributed by atoms with Gasteiger partial charge in [0.05, 0.1) is 0 Å². The van der Waals surface area contributed by atoms with Crippen molar-refractivity contribution in [1.82, 2.24) is 4.90 Å². The van der Waals surface area contributed by atoms with Gasteiger partial charge in [0.25, 0.3) is 5.91 Å². The van der Waals surface area contributed by atoms with Crippen molar-refractivity contribution in [2.24, 2.45) is 0 Å². The summed E-state index contributed by atoms with van der Waals surface area (Å²) in [5.74, 6) is -1.24. The van der Waals surface area contributed by atoms with Gasteiger partial charge >= 0.3 is 5.97 Å². The maximum atomic E-state index is 12.4. The minimum absolute atomic E-state index is 0.233. The van der Waals surface area contributed by atoms with Gasteiger partial charge in [0.2, 0.25) is 0 Å². The Kier molecular flexibility index (Phi) is 4.35. The van der Waals surface area contributed by atoms with Crippen molar-refractivity contribution in [2.45, 2.75) is 34.6 Å². The first kappa shape index (κ1) is 15.2. The van der Waals surface area contributed by atoms with Crippen LogP contribution in [0.15, 0.2) is 0 Å². The second kappa shape index (κ2) is 5.43. The smallest absolute Gasteiger partial charge is 0.323 e. The van der Waals surface area contributed by atoms with Crippen molar-refractivity contribution >= 4 is 11.9 Å². The Morgan fingerprint density at radius 2 is 1.26 bits per heavy atom. The van der Waals surface area contributed by atoms with Crippen LogP contribution in [0.2, 0.25) is 0 Å². The van der Waals surface area contributed by atoms with E-state index in [1.54, 1.807) is 0 Å². The Morgan fingerprint density at radius 3 is 1.63 bits per heavy atom. The van der Waals surface area contributed by atoms with Crippen molar-refractivity contribution in [2.75, 3.05) is 13.6 Å². The van der Waals surface area contributed by atoms with E-state index in [2.05, 4.69) is 0 Å². The van der Waals surface area contributed by atoms with Crippen LogP contribution in [0.4, 0.5) is 0 Å². The van der Waals surface area contributed by atoms with E-state index in [1.165, 1.54) is 17.5 Å². The molecule has 0 radical (unpaired) electrons. The maximum Gasteiger partial charge on any atom is 0.323 e. The van der Waals surface area contributed by atoms with Crippen molar-refractivity contribution < 1.29 is 14.7 Å². The van der Waals surface area contributed by atoms with Gasteiger partial charge in [0, 0.05) is 12.6 Å². The maximum absolute atomic E-state index is 12.4. The van der Waals surface area contributed by atoms with Crippen LogP contribution < -0.4 is 0 Å². The van der Waals surface area contributed by atoms with Gasteiger partial charge in [-0.2, -0.15) is 0 Å². The van der Waals surface area contributed by atoms with Gasteiger partial charge in [0.1, 0.15) is 6.54 Å². The van der Waals surface area contributed by atoms with Crippen LogP contribution in [-0.4, -0.2) is 35.5 Å². The molecule has 19 heavy (non-hydrogen) atoms. The lowest BCUT2D eigenvalue weighted by Crippen LogP contribution is -2.33. The summed E-state index contributed by atoms with van der Waals surface area (Å²) in [6.07, 6.45) is 0. The molecule has 1 aromatic carbocycles. The highest BCUT2D eigenvalue weighted by atomic mass is 16.4. The van der Waals surface area contributed by atoms with Crippen molar-refractivity contribution in [3.8, 4) is 0 Å². The van der Waals surface area contributed by atoms with E-state index >= 15 is 0 Å². The summed E-state index contributed by atoms with van der Waals surface area (Å²) in [6, 6.07) is 0. The number of likely N-dealkylation sites (N-methyl/N-ethyl adjacent to an activating group) is 1. The Morgan fingerprint density at radius 1 is 0.895 bits per heavy atom. The largest absolute Gasteiger partial charge is 0.480 e. The van der Waals surface area contributed by atoms with Crippen LogP contribution in [-0.2, 0) is 4.79 Å². The average Bonchev–Trinajstić information content (AvgIpc) is 2.33. The van der Waals surface area contributed by atoms with Crippen LogP contribution in [0, 0.1) is 34.6 Å². The minimum Gasteiger partial charge on any atom is -0.480 e. The molecule has 0 unspecified atom stereocenters.